The highest BCUT2D eigenvalue weighted by atomic mass is 16.4. The largest absolute Gasteiger partial charge is 0.506 e. The van der Waals surface area contributed by atoms with E-state index in [2.05, 4.69) is 24.9 Å². The lowest BCUT2D eigenvalue weighted by atomic mass is 9.81. The van der Waals surface area contributed by atoms with E-state index in [1.165, 1.54) is 0 Å². The third-order valence-electron chi connectivity index (χ3n) is 4.69. The first kappa shape index (κ1) is 15.4. The topological polar surface area (TPSA) is 62.8 Å². The molecule has 124 valence electrons. The molecule has 1 aliphatic heterocycles. The highest BCUT2D eigenvalue weighted by molar-refractivity contribution is 6.10. The van der Waals surface area contributed by atoms with Gasteiger partial charge in [-0.1, -0.05) is 44.2 Å². The van der Waals surface area contributed by atoms with E-state index in [0.717, 1.165) is 17.0 Å². The number of aromatic hydroxyl groups is 1. The van der Waals surface area contributed by atoms with Gasteiger partial charge in [0.2, 0.25) is 0 Å². The van der Waals surface area contributed by atoms with Crippen LogP contribution in [-0.4, -0.2) is 10.8 Å². The van der Waals surface area contributed by atoms with Crippen LogP contribution in [0, 0.1) is 0 Å². The lowest BCUT2D eigenvalue weighted by Crippen LogP contribution is -2.23. The summed E-state index contributed by atoms with van der Waals surface area (Å²) in [6.45, 7) is 4.18. The van der Waals surface area contributed by atoms with Crippen molar-refractivity contribution in [1.29, 1.82) is 0 Å². The van der Waals surface area contributed by atoms with Gasteiger partial charge in [-0.25, -0.2) is 4.79 Å². The Morgan fingerprint density at radius 2 is 1.76 bits per heavy atom. The molecule has 4 rings (SSSR count). The van der Waals surface area contributed by atoms with Crippen molar-refractivity contribution in [3.63, 3.8) is 0 Å². The van der Waals surface area contributed by atoms with Gasteiger partial charge in [0.05, 0.1) is 16.8 Å². The average Bonchev–Trinajstić information content (AvgIpc) is 2.86. The Hall–Kier alpha value is -3.14. The zero-order valence-electron chi connectivity index (χ0n) is 14.0. The monoisotopic (exact) mass is 331 g/mol. The SMILES string of the molecule is CC1(C)C(/C=C/c2c(O)c3ccccc3oc2=O)=Nc2ccccc21. The zero-order chi connectivity index (χ0) is 17.6. The molecule has 2 aromatic carbocycles. The van der Waals surface area contributed by atoms with Gasteiger partial charge < -0.3 is 9.52 Å². The van der Waals surface area contributed by atoms with Crippen LogP contribution in [0.15, 0.2) is 68.8 Å². The van der Waals surface area contributed by atoms with Crippen LogP contribution in [-0.2, 0) is 5.41 Å². The van der Waals surface area contributed by atoms with Gasteiger partial charge in [-0.05, 0) is 35.9 Å². The quantitative estimate of drug-likeness (QED) is 0.699. The Balaban J connectivity index is 1.79. The third kappa shape index (κ3) is 2.38. The van der Waals surface area contributed by atoms with Crippen molar-refractivity contribution in [3.8, 4) is 5.75 Å². The molecule has 1 aliphatic rings. The Morgan fingerprint density at radius 1 is 1.04 bits per heavy atom. The minimum absolute atomic E-state index is 0.0722. The molecule has 0 fully saturated rings. The second kappa shape index (κ2) is 5.45. The highest BCUT2D eigenvalue weighted by Gasteiger charge is 2.33. The number of hydrogen-bond donors (Lipinski definition) is 1. The first-order valence-electron chi connectivity index (χ1n) is 8.10. The number of rotatable bonds is 2. The Morgan fingerprint density at radius 3 is 2.56 bits per heavy atom. The molecule has 0 radical (unpaired) electrons. The van der Waals surface area contributed by atoms with Gasteiger partial charge in [0.1, 0.15) is 16.9 Å². The number of hydrogen-bond acceptors (Lipinski definition) is 4. The standard InChI is InChI=1S/C21H17NO3/c1-21(2)15-8-4-5-9-16(15)22-18(21)12-11-14-19(23)13-7-3-6-10-17(13)25-20(14)24/h3-12,23H,1-2H3/b12-11+. The van der Waals surface area contributed by atoms with E-state index in [0.29, 0.717) is 11.0 Å². The van der Waals surface area contributed by atoms with Crippen LogP contribution in [0.25, 0.3) is 17.0 Å². The molecule has 4 nitrogen and oxygen atoms in total. The minimum Gasteiger partial charge on any atom is -0.506 e. The zero-order valence-corrected chi connectivity index (χ0v) is 14.0. The lowest BCUT2D eigenvalue weighted by molar-refractivity contribution is 0.466. The number of allylic oxidation sites excluding steroid dienone is 1. The number of para-hydroxylation sites is 2. The molecule has 0 atom stereocenters. The summed E-state index contributed by atoms with van der Waals surface area (Å²) in [4.78, 5) is 16.9. The van der Waals surface area contributed by atoms with Crippen molar-refractivity contribution >= 4 is 28.4 Å². The lowest BCUT2D eigenvalue weighted by Gasteiger charge is -2.20. The van der Waals surface area contributed by atoms with E-state index in [4.69, 9.17) is 4.42 Å². The van der Waals surface area contributed by atoms with Crippen LogP contribution in [0.1, 0.15) is 25.0 Å². The van der Waals surface area contributed by atoms with Crippen LogP contribution in [0.4, 0.5) is 5.69 Å². The highest BCUT2D eigenvalue weighted by Crippen LogP contribution is 2.40. The van der Waals surface area contributed by atoms with Crippen molar-refractivity contribution in [2.75, 3.05) is 0 Å². The normalized spacial score (nSPS) is 15.5. The second-order valence-corrected chi connectivity index (χ2v) is 6.62. The van der Waals surface area contributed by atoms with Gasteiger partial charge in [0, 0.05) is 5.41 Å². The summed E-state index contributed by atoms with van der Waals surface area (Å²) < 4.78 is 5.30. The summed E-state index contributed by atoms with van der Waals surface area (Å²) >= 11 is 0. The van der Waals surface area contributed by atoms with Crippen LogP contribution >= 0.6 is 0 Å². The fraction of sp³-hybridized carbons (Fsp3) is 0.143. The maximum atomic E-state index is 12.2. The Kier molecular flexibility index (Phi) is 3.35. The first-order chi connectivity index (χ1) is 12.0. The van der Waals surface area contributed by atoms with Crippen molar-refractivity contribution in [3.05, 3.63) is 76.2 Å². The first-order valence-corrected chi connectivity index (χ1v) is 8.10. The van der Waals surface area contributed by atoms with Crippen LogP contribution < -0.4 is 5.63 Å². The van der Waals surface area contributed by atoms with E-state index >= 15 is 0 Å². The fourth-order valence-corrected chi connectivity index (χ4v) is 3.21. The predicted octanol–water partition coefficient (Wildman–Crippen LogP) is 4.58. The minimum atomic E-state index is -0.568. The van der Waals surface area contributed by atoms with Crippen molar-refractivity contribution in [2.45, 2.75) is 19.3 Å². The van der Waals surface area contributed by atoms with E-state index in [1.807, 2.05) is 18.2 Å². The summed E-state index contributed by atoms with van der Waals surface area (Å²) in [7, 11) is 0. The molecule has 0 amide bonds. The summed E-state index contributed by atoms with van der Waals surface area (Å²) in [6.07, 6.45) is 3.36. The maximum Gasteiger partial charge on any atom is 0.347 e. The third-order valence-corrected chi connectivity index (χ3v) is 4.69. The Labute approximate surface area is 144 Å². The molecule has 1 aromatic heterocycles. The molecular formula is C21H17NO3. The molecule has 2 heterocycles. The van der Waals surface area contributed by atoms with Crippen LogP contribution in [0.5, 0.6) is 5.75 Å². The predicted molar refractivity (Wildman–Crippen MR) is 99.7 cm³/mol. The van der Waals surface area contributed by atoms with Gasteiger partial charge in [0.15, 0.2) is 0 Å². The van der Waals surface area contributed by atoms with E-state index in [-0.39, 0.29) is 16.7 Å². The number of aliphatic imine (C=N–C) groups is 1. The molecular weight excluding hydrogens is 314 g/mol. The fourth-order valence-electron chi connectivity index (χ4n) is 3.21. The maximum absolute atomic E-state index is 12.2. The van der Waals surface area contributed by atoms with Gasteiger partial charge in [-0.2, -0.15) is 0 Å². The molecule has 1 N–H and O–H groups in total. The number of fused-ring (bicyclic) bond motifs is 2. The molecule has 3 aromatic rings. The summed E-state index contributed by atoms with van der Waals surface area (Å²) in [6, 6.07) is 14.9. The number of benzene rings is 2. The summed E-state index contributed by atoms with van der Waals surface area (Å²) in [5.74, 6) is -0.0722. The van der Waals surface area contributed by atoms with Crippen molar-refractivity contribution < 1.29 is 9.52 Å². The van der Waals surface area contributed by atoms with Crippen molar-refractivity contribution in [1.82, 2.24) is 0 Å². The van der Waals surface area contributed by atoms with Crippen LogP contribution in [0.3, 0.4) is 0 Å². The van der Waals surface area contributed by atoms with E-state index < -0.39 is 5.63 Å². The summed E-state index contributed by atoms with van der Waals surface area (Å²) in [5.41, 5.74) is 2.58. The number of nitrogens with zero attached hydrogens (tertiary/aromatic N) is 1. The Bertz CT molecular complexity index is 1100. The van der Waals surface area contributed by atoms with Gasteiger partial charge in [0.25, 0.3) is 0 Å². The van der Waals surface area contributed by atoms with E-state index in [9.17, 15) is 9.90 Å². The van der Waals surface area contributed by atoms with E-state index in [1.54, 1.807) is 36.4 Å². The molecule has 0 unspecified atom stereocenters. The molecule has 0 saturated heterocycles. The molecule has 25 heavy (non-hydrogen) atoms. The molecule has 0 bridgehead atoms. The second-order valence-electron chi connectivity index (χ2n) is 6.62. The molecule has 0 aliphatic carbocycles. The summed E-state index contributed by atoms with van der Waals surface area (Å²) in [5, 5.41) is 11.0. The van der Waals surface area contributed by atoms with Crippen molar-refractivity contribution in [2.24, 2.45) is 4.99 Å². The van der Waals surface area contributed by atoms with Gasteiger partial charge >= 0.3 is 5.63 Å². The average molecular weight is 331 g/mol. The smallest absolute Gasteiger partial charge is 0.347 e. The molecule has 0 saturated carbocycles. The van der Waals surface area contributed by atoms with Gasteiger partial charge in [-0.15, -0.1) is 0 Å². The van der Waals surface area contributed by atoms with Gasteiger partial charge in [-0.3, -0.25) is 4.99 Å². The molecule has 4 heteroatoms. The van der Waals surface area contributed by atoms with Crippen LogP contribution in [0.2, 0.25) is 0 Å². The molecule has 0 spiro atoms.